The quantitative estimate of drug-likeness (QED) is 0.809. The van der Waals surface area contributed by atoms with E-state index in [1.807, 2.05) is 0 Å². The minimum atomic E-state index is -4.49. The van der Waals surface area contributed by atoms with Crippen LogP contribution in [-0.4, -0.2) is 15.8 Å². The molecule has 100 valence electrons. The Morgan fingerprint density at radius 1 is 1.26 bits per heavy atom. The van der Waals surface area contributed by atoms with Crippen LogP contribution >= 0.6 is 11.3 Å². The van der Waals surface area contributed by atoms with Crippen molar-refractivity contribution in [2.45, 2.75) is 19.0 Å². The van der Waals surface area contributed by atoms with Crippen molar-refractivity contribution in [1.82, 2.24) is 9.97 Å². The molecule has 0 saturated heterocycles. The van der Waals surface area contributed by atoms with Gasteiger partial charge in [0.2, 0.25) is 0 Å². The van der Waals surface area contributed by atoms with Crippen LogP contribution in [0.5, 0.6) is 0 Å². The molecule has 0 fully saturated rings. The van der Waals surface area contributed by atoms with Crippen LogP contribution in [-0.2, 0) is 12.6 Å². The van der Waals surface area contributed by atoms with Crippen LogP contribution in [0, 0.1) is 0 Å². The van der Waals surface area contributed by atoms with Crippen molar-refractivity contribution in [3.05, 3.63) is 46.2 Å². The van der Waals surface area contributed by atoms with Crippen LogP contribution in [0.15, 0.2) is 30.7 Å². The van der Waals surface area contributed by atoms with Crippen LogP contribution in [0.3, 0.4) is 0 Å². The number of ketones is 1. The van der Waals surface area contributed by atoms with E-state index in [0.717, 1.165) is 11.8 Å². The molecule has 0 N–H and O–H groups in total. The summed E-state index contributed by atoms with van der Waals surface area (Å²) in [5, 5.41) is -0.986. The van der Waals surface area contributed by atoms with Crippen LogP contribution in [0.4, 0.5) is 13.2 Å². The Labute approximate surface area is 111 Å². The number of hydrogen-bond acceptors (Lipinski definition) is 4. The minimum Gasteiger partial charge on any atom is -0.293 e. The minimum absolute atomic E-state index is 0.0429. The van der Waals surface area contributed by atoms with Gasteiger partial charge < -0.3 is 0 Å². The fourth-order valence-corrected chi connectivity index (χ4v) is 2.22. The average Bonchev–Trinajstić information content (AvgIpc) is 2.87. The van der Waals surface area contributed by atoms with E-state index in [0.29, 0.717) is 17.8 Å². The number of hydrogen-bond donors (Lipinski definition) is 0. The van der Waals surface area contributed by atoms with Crippen LogP contribution in [0.25, 0.3) is 0 Å². The molecule has 2 aromatic heterocycles. The highest BCUT2D eigenvalue weighted by molar-refractivity contribution is 7.13. The van der Waals surface area contributed by atoms with E-state index in [1.165, 1.54) is 0 Å². The van der Waals surface area contributed by atoms with Crippen molar-refractivity contribution in [1.29, 1.82) is 0 Å². The molecule has 0 amide bonds. The summed E-state index contributed by atoms with van der Waals surface area (Å²) in [7, 11) is 0. The Morgan fingerprint density at radius 3 is 2.53 bits per heavy atom. The van der Waals surface area contributed by atoms with E-state index in [2.05, 4.69) is 9.97 Å². The number of halogens is 3. The summed E-state index contributed by atoms with van der Waals surface area (Å²) in [6, 6.07) is 3.53. The zero-order valence-corrected chi connectivity index (χ0v) is 10.5. The molecule has 19 heavy (non-hydrogen) atoms. The summed E-state index contributed by atoms with van der Waals surface area (Å²) < 4.78 is 37.0. The van der Waals surface area contributed by atoms with Gasteiger partial charge in [0.1, 0.15) is 0 Å². The Hall–Kier alpha value is -1.76. The molecule has 0 unspecified atom stereocenters. The van der Waals surface area contributed by atoms with Crippen molar-refractivity contribution in [2.75, 3.05) is 0 Å². The standard InChI is InChI=1S/C12H9F3N2OS/c13-12(14,15)11-17-7-10(19-11)9(18)2-1-8-3-5-16-6-4-8/h3-7H,1-2H2. The zero-order chi connectivity index (χ0) is 13.9. The molecule has 0 bridgehead atoms. The molecule has 0 aliphatic carbocycles. The molecule has 7 heteroatoms. The molecule has 2 aromatic rings. The number of rotatable bonds is 4. The summed E-state index contributed by atoms with van der Waals surface area (Å²) >= 11 is 0.385. The maximum absolute atomic E-state index is 12.3. The van der Waals surface area contributed by atoms with Gasteiger partial charge in [0.25, 0.3) is 0 Å². The molecule has 0 aliphatic rings. The number of nitrogens with zero attached hydrogens (tertiary/aromatic N) is 2. The van der Waals surface area contributed by atoms with E-state index < -0.39 is 11.2 Å². The number of carbonyl (C=O) groups excluding carboxylic acids is 1. The van der Waals surface area contributed by atoms with Gasteiger partial charge in [-0.25, -0.2) is 4.98 Å². The summed E-state index contributed by atoms with van der Waals surface area (Å²) in [6.45, 7) is 0. The number of aryl methyl sites for hydroxylation is 1. The Morgan fingerprint density at radius 2 is 1.95 bits per heavy atom. The van der Waals surface area contributed by atoms with Crippen molar-refractivity contribution in [2.24, 2.45) is 0 Å². The Kier molecular flexibility index (Phi) is 3.94. The second kappa shape index (κ2) is 5.48. The van der Waals surface area contributed by atoms with Gasteiger partial charge in [-0.2, -0.15) is 13.2 Å². The third-order valence-electron chi connectivity index (χ3n) is 2.41. The predicted octanol–water partition coefficient (Wildman–Crippen LogP) is 3.37. The van der Waals surface area contributed by atoms with Gasteiger partial charge in [0.15, 0.2) is 10.8 Å². The summed E-state index contributed by atoms with van der Waals surface area (Å²) in [4.78, 5) is 18.9. The van der Waals surface area contributed by atoms with E-state index in [-0.39, 0.29) is 17.1 Å². The van der Waals surface area contributed by atoms with Gasteiger partial charge in [0.05, 0.1) is 4.88 Å². The van der Waals surface area contributed by atoms with Crippen LogP contribution in [0.2, 0.25) is 0 Å². The van der Waals surface area contributed by atoms with E-state index in [9.17, 15) is 18.0 Å². The second-order valence-corrected chi connectivity index (χ2v) is 4.84. The first-order valence-electron chi connectivity index (χ1n) is 5.42. The van der Waals surface area contributed by atoms with Gasteiger partial charge >= 0.3 is 6.18 Å². The predicted molar refractivity (Wildman–Crippen MR) is 64.0 cm³/mol. The van der Waals surface area contributed by atoms with E-state index in [4.69, 9.17) is 0 Å². The lowest BCUT2D eigenvalue weighted by atomic mass is 10.1. The first-order chi connectivity index (χ1) is 8.97. The molecule has 2 heterocycles. The monoisotopic (exact) mass is 286 g/mol. The smallest absolute Gasteiger partial charge is 0.293 e. The number of alkyl halides is 3. The van der Waals surface area contributed by atoms with Gasteiger partial charge in [-0.1, -0.05) is 0 Å². The average molecular weight is 286 g/mol. The van der Waals surface area contributed by atoms with Crippen molar-refractivity contribution >= 4 is 17.1 Å². The molecule has 0 radical (unpaired) electrons. The number of thiazole rings is 1. The first-order valence-corrected chi connectivity index (χ1v) is 6.23. The number of carbonyl (C=O) groups is 1. The number of Topliss-reactive ketones (excluding diaryl/α,β-unsaturated/α-hetero) is 1. The lowest BCUT2D eigenvalue weighted by Crippen LogP contribution is -2.03. The van der Waals surface area contributed by atoms with Gasteiger partial charge in [0, 0.05) is 25.0 Å². The van der Waals surface area contributed by atoms with Crippen LogP contribution < -0.4 is 0 Å². The highest BCUT2D eigenvalue weighted by atomic mass is 32.1. The molecular formula is C12H9F3N2OS. The zero-order valence-electron chi connectivity index (χ0n) is 9.65. The van der Waals surface area contributed by atoms with Gasteiger partial charge in [-0.15, -0.1) is 11.3 Å². The molecule has 0 spiro atoms. The van der Waals surface area contributed by atoms with Crippen molar-refractivity contribution in [3.8, 4) is 0 Å². The molecule has 0 atom stereocenters. The van der Waals surface area contributed by atoms with Gasteiger partial charge in [-0.05, 0) is 24.1 Å². The highest BCUT2D eigenvalue weighted by Crippen LogP contribution is 2.32. The lowest BCUT2D eigenvalue weighted by Gasteiger charge is -2.00. The largest absolute Gasteiger partial charge is 0.443 e. The molecule has 0 aromatic carbocycles. The third kappa shape index (κ3) is 3.60. The molecular weight excluding hydrogens is 277 g/mol. The number of pyridine rings is 1. The first kappa shape index (κ1) is 13.7. The molecule has 0 saturated carbocycles. The van der Waals surface area contributed by atoms with E-state index in [1.54, 1.807) is 24.5 Å². The van der Waals surface area contributed by atoms with Crippen LogP contribution in [0.1, 0.15) is 26.7 Å². The normalized spacial score (nSPS) is 11.5. The fraction of sp³-hybridized carbons (Fsp3) is 0.250. The SMILES string of the molecule is O=C(CCc1ccncc1)c1cnc(C(F)(F)F)s1. The molecule has 0 aliphatic heterocycles. The van der Waals surface area contributed by atoms with E-state index >= 15 is 0 Å². The maximum atomic E-state index is 12.3. The Bertz CT molecular complexity index is 566. The lowest BCUT2D eigenvalue weighted by molar-refractivity contribution is -0.137. The number of aromatic nitrogens is 2. The molecule has 2 rings (SSSR count). The van der Waals surface area contributed by atoms with Crippen molar-refractivity contribution in [3.63, 3.8) is 0 Å². The highest BCUT2D eigenvalue weighted by Gasteiger charge is 2.35. The third-order valence-corrected chi connectivity index (χ3v) is 3.50. The Balaban J connectivity index is 1.99. The van der Waals surface area contributed by atoms with Crippen molar-refractivity contribution < 1.29 is 18.0 Å². The topological polar surface area (TPSA) is 42.9 Å². The summed E-state index contributed by atoms with van der Waals surface area (Å²) in [6.07, 6.45) is 0.337. The summed E-state index contributed by atoms with van der Waals surface area (Å²) in [5.41, 5.74) is 0.920. The summed E-state index contributed by atoms with van der Waals surface area (Å²) in [5.74, 6) is -0.329. The second-order valence-electron chi connectivity index (χ2n) is 3.81. The molecule has 3 nitrogen and oxygen atoms in total. The maximum Gasteiger partial charge on any atom is 0.443 e. The fourth-order valence-electron chi connectivity index (χ4n) is 1.46. The van der Waals surface area contributed by atoms with Gasteiger partial charge in [-0.3, -0.25) is 9.78 Å².